The Bertz CT molecular complexity index is 1110. The maximum atomic E-state index is 3.38. The SMILES string of the molecule is C(#Cc1ccccc1)c1ccccc1.c1ccc2c(c1)[nH]c1ccccc12. The minimum atomic E-state index is 1.05. The van der Waals surface area contributed by atoms with Crippen molar-refractivity contribution in [3.8, 4) is 11.8 Å². The highest BCUT2D eigenvalue weighted by Gasteiger charge is 2.00. The molecule has 0 saturated carbocycles. The first kappa shape index (κ1) is 16.7. The van der Waals surface area contributed by atoms with Crippen LogP contribution in [0.3, 0.4) is 0 Å². The van der Waals surface area contributed by atoms with E-state index in [0.29, 0.717) is 0 Å². The highest BCUT2D eigenvalue weighted by molar-refractivity contribution is 6.06. The zero-order valence-electron chi connectivity index (χ0n) is 14.9. The molecule has 27 heavy (non-hydrogen) atoms. The van der Waals surface area contributed by atoms with E-state index < -0.39 is 0 Å². The zero-order chi connectivity index (χ0) is 18.3. The van der Waals surface area contributed by atoms with Crippen molar-refractivity contribution in [1.29, 1.82) is 0 Å². The molecule has 0 saturated heterocycles. The highest BCUT2D eigenvalue weighted by Crippen LogP contribution is 2.24. The number of rotatable bonds is 0. The third kappa shape index (κ3) is 4.08. The van der Waals surface area contributed by atoms with Gasteiger partial charge in [0, 0.05) is 32.9 Å². The number of fused-ring (bicyclic) bond motifs is 3. The summed E-state index contributed by atoms with van der Waals surface area (Å²) in [5, 5.41) is 2.61. The molecular formula is C26H19N. The number of aromatic amines is 1. The van der Waals surface area contributed by atoms with Crippen molar-refractivity contribution in [1.82, 2.24) is 4.98 Å². The van der Waals surface area contributed by atoms with Crippen LogP contribution in [0.5, 0.6) is 0 Å². The predicted molar refractivity (Wildman–Crippen MR) is 115 cm³/mol. The van der Waals surface area contributed by atoms with Gasteiger partial charge in [-0.1, -0.05) is 84.6 Å². The van der Waals surface area contributed by atoms with Gasteiger partial charge in [0.2, 0.25) is 0 Å². The molecule has 1 aromatic heterocycles. The molecular weight excluding hydrogens is 326 g/mol. The van der Waals surface area contributed by atoms with Crippen LogP contribution in [0, 0.1) is 11.8 Å². The van der Waals surface area contributed by atoms with E-state index in [1.807, 2.05) is 60.7 Å². The fourth-order valence-corrected chi connectivity index (χ4v) is 2.99. The molecule has 1 nitrogen and oxygen atoms in total. The molecule has 0 aliphatic carbocycles. The fourth-order valence-electron chi connectivity index (χ4n) is 2.99. The Kier molecular flexibility index (Phi) is 5.00. The van der Waals surface area contributed by atoms with Gasteiger partial charge in [0.05, 0.1) is 0 Å². The van der Waals surface area contributed by atoms with Gasteiger partial charge < -0.3 is 4.98 Å². The second kappa shape index (κ2) is 8.08. The first-order chi connectivity index (χ1) is 13.4. The minimum absolute atomic E-state index is 1.05. The van der Waals surface area contributed by atoms with Crippen LogP contribution in [0.25, 0.3) is 21.8 Å². The van der Waals surface area contributed by atoms with Gasteiger partial charge in [-0.15, -0.1) is 0 Å². The Morgan fingerprint density at radius 3 is 1.22 bits per heavy atom. The third-order valence-corrected chi connectivity index (χ3v) is 4.31. The standard InChI is InChI=1S/C14H10.C12H9N/c1-3-7-13(8-4-1)11-12-14-9-5-2-6-10-14;1-3-7-11-9(5-1)10-6-2-4-8-12(10)13-11/h1-10H;1-8,13H. The Balaban J connectivity index is 0.000000134. The average molecular weight is 345 g/mol. The van der Waals surface area contributed by atoms with Gasteiger partial charge in [0.25, 0.3) is 0 Å². The number of hydrogen-bond acceptors (Lipinski definition) is 0. The van der Waals surface area contributed by atoms with Crippen LogP contribution in [0.4, 0.5) is 0 Å². The van der Waals surface area contributed by atoms with Crippen LogP contribution in [0.15, 0.2) is 109 Å². The van der Waals surface area contributed by atoms with Crippen LogP contribution >= 0.6 is 0 Å². The van der Waals surface area contributed by atoms with Crippen molar-refractivity contribution in [2.24, 2.45) is 0 Å². The van der Waals surface area contributed by atoms with Crippen LogP contribution in [-0.2, 0) is 0 Å². The first-order valence-electron chi connectivity index (χ1n) is 8.98. The second-order valence-electron chi connectivity index (χ2n) is 6.20. The molecule has 0 amide bonds. The molecule has 0 bridgehead atoms. The Labute approximate surface area is 159 Å². The minimum Gasteiger partial charge on any atom is -0.355 e. The van der Waals surface area contributed by atoms with Gasteiger partial charge in [-0.05, 0) is 36.4 Å². The van der Waals surface area contributed by atoms with E-state index in [9.17, 15) is 0 Å². The molecule has 0 atom stereocenters. The third-order valence-electron chi connectivity index (χ3n) is 4.31. The van der Waals surface area contributed by atoms with Crippen molar-refractivity contribution in [2.45, 2.75) is 0 Å². The molecule has 5 aromatic rings. The molecule has 128 valence electrons. The van der Waals surface area contributed by atoms with Gasteiger partial charge in [0.1, 0.15) is 0 Å². The van der Waals surface area contributed by atoms with Crippen LogP contribution in [0.1, 0.15) is 11.1 Å². The summed E-state index contributed by atoms with van der Waals surface area (Å²) < 4.78 is 0. The van der Waals surface area contributed by atoms with E-state index in [0.717, 1.165) is 11.1 Å². The lowest BCUT2D eigenvalue weighted by Crippen LogP contribution is -1.73. The highest BCUT2D eigenvalue weighted by atomic mass is 14.7. The average Bonchev–Trinajstić information content (AvgIpc) is 3.13. The molecule has 0 aliphatic rings. The summed E-state index contributed by atoms with van der Waals surface area (Å²) in [6.07, 6.45) is 0. The molecule has 4 aromatic carbocycles. The summed E-state index contributed by atoms with van der Waals surface area (Å²) in [5.74, 6) is 6.22. The monoisotopic (exact) mass is 345 g/mol. The predicted octanol–water partition coefficient (Wildman–Crippen LogP) is 6.41. The quantitative estimate of drug-likeness (QED) is 0.312. The van der Waals surface area contributed by atoms with Crippen LogP contribution in [0.2, 0.25) is 0 Å². The molecule has 0 aliphatic heterocycles. The summed E-state index contributed by atoms with van der Waals surface area (Å²) in [6, 6.07) is 36.8. The Morgan fingerprint density at radius 1 is 0.407 bits per heavy atom. The summed E-state index contributed by atoms with van der Waals surface area (Å²) in [4.78, 5) is 3.38. The summed E-state index contributed by atoms with van der Waals surface area (Å²) in [7, 11) is 0. The van der Waals surface area contributed by atoms with Gasteiger partial charge in [-0.25, -0.2) is 0 Å². The summed E-state index contributed by atoms with van der Waals surface area (Å²) >= 11 is 0. The molecule has 0 spiro atoms. The van der Waals surface area contributed by atoms with E-state index >= 15 is 0 Å². The molecule has 5 rings (SSSR count). The van der Waals surface area contributed by atoms with Gasteiger partial charge in [-0.3, -0.25) is 0 Å². The molecule has 1 N–H and O–H groups in total. The number of aromatic nitrogens is 1. The van der Waals surface area contributed by atoms with Crippen molar-refractivity contribution in [3.63, 3.8) is 0 Å². The number of hydrogen-bond donors (Lipinski definition) is 1. The number of H-pyrrole nitrogens is 1. The fraction of sp³-hybridized carbons (Fsp3) is 0. The van der Waals surface area contributed by atoms with E-state index in [1.165, 1.54) is 21.8 Å². The van der Waals surface area contributed by atoms with Crippen molar-refractivity contribution >= 4 is 21.8 Å². The lowest BCUT2D eigenvalue weighted by Gasteiger charge is -1.88. The van der Waals surface area contributed by atoms with Crippen LogP contribution in [-0.4, -0.2) is 4.98 Å². The molecule has 0 radical (unpaired) electrons. The van der Waals surface area contributed by atoms with E-state index in [4.69, 9.17) is 0 Å². The van der Waals surface area contributed by atoms with E-state index in [1.54, 1.807) is 0 Å². The van der Waals surface area contributed by atoms with Gasteiger partial charge in [-0.2, -0.15) is 0 Å². The van der Waals surface area contributed by atoms with Crippen molar-refractivity contribution in [3.05, 3.63) is 120 Å². The second-order valence-corrected chi connectivity index (χ2v) is 6.20. The topological polar surface area (TPSA) is 15.8 Å². The molecule has 1 heterocycles. The Hall–Kier alpha value is -3.76. The largest absolute Gasteiger partial charge is 0.355 e. The summed E-state index contributed by atoms with van der Waals surface area (Å²) in [6.45, 7) is 0. The molecule has 0 fully saturated rings. The number of para-hydroxylation sites is 2. The first-order valence-corrected chi connectivity index (χ1v) is 8.98. The molecule has 1 heteroatoms. The lowest BCUT2D eigenvalue weighted by molar-refractivity contribution is 1.55. The number of nitrogens with one attached hydrogen (secondary N) is 1. The van der Waals surface area contributed by atoms with Gasteiger partial charge in [0.15, 0.2) is 0 Å². The Morgan fingerprint density at radius 2 is 0.778 bits per heavy atom. The lowest BCUT2D eigenvalue weighted by atomic mass is 10.2. The maximum Gasteiger partial charge on any atom is 0.0464 e. The maximum absolute atomic E-state index is 3.38. The van der Waals surface area contributed by atoms with Gasteiger partial charge >= 0.3 is 0 Å². The zero-order valence-corrected chi connectivity index (χ0v) is 14.9. The summed E-state index contributed by atoms with van der Waals surface area (Å²) in [5.41, 5.74) is 4.53. The smallest absolute Gasteiger partial charge is 0.0464 e. The van der Waals surface area contributed by atoms with Crippen molar-refractivity contribution < 1.29 is 0 Å². The van der Waals surface area contributed by atoms with Crippen molar-refractivity contribution in [2.75, 3.05) is 0 Å². The number of benzene rings is 4. The molecule has 0 unspecified atom stereocenters. The van der Waals surface area contributed by atoms with E-state index in [2.05, 4.69) is 65.4 Å². The normalized spacial score (nSPS) is 9.93. The van der Waals surface area contributed by atoms with Crippen LogP contribution < -0.4 is 0 Å². The van der Waals surface area contributed by atoms with E-state index in [-0.39, 0.29) is 0 Å².